The molecule has 0 aliphatic heterocycles. The Morgan fingerprint density at radius 1 is 1.18 bits per heavy atom. The minimum absolute atomic E-state index is 0.0245. The summed E-state index contributed by atoms with van der Waals surface area (Å²) in [5, 5.41) is 26.1. The van der Waals surface area contributed by atoms with Crippen LogP contribution < -0.4 is 10.6 Å². The van der Waals surface area contributed by atoms with Crippen LogP contribution in [0.2, 0.25) is 5.02 Å². The van der Waals surface area contributed by atoms with Crippen LogP contribution in [-0.4, -0.2) is 32.9 Å². The summed E-state index contributed by atoms with van der Waals surface area (Å²) in [7, 11) is 0. The number of alkyl halides is 2. The fraction of sp³-hybridized carbons (Fsp3) is 0.357. The number of nitrogens with zero attached hydrogens (tertiary/aromatic N) is 5. The minimum atomic E-state index is -2.51. The molecule has 1 atom stereocenters. The maximum atomic E-state index is 13.7. The van der Waals surface area contributed by atoms with Gasteiger partial charge in [-0.15, -0.1) is 5.10 Å². The zero-order chi connectivity index (χ0) is 27.1. The van der Waals surface area contributed by atoms with Crippen molar-refractivity contribution in [3.05, 3.63) is 76.7 Å². The standard InChI is InChI=1S/C28H28ClF2N7/c1-27(2,3)16-34-23-18(13-32)14-33-25-20(23)11-19(12-21(25)29)35-24(17-7-5-4-6-8-17)22-15-38(37-36-22)28(9-10-28)26(30)31/h4-8,11-12,14-15,24,26,35H,9-10,16H2,1-3H3,(H,33,34). The van der Waals surface area contributed by atoms with Crippen LogP contribution in [0.25, 0.3) is 10.9 Å². The van der Waals surface area contributed by atoms with Gasteiger partial charge < -0.3 is 10.6 Å². The number of hydrogen-bond donors (Lipinski definition) is 2. The summed E-state index contributed by atoms with van der Waals surface area (Å²) in [6.07, 6.45) is 1.35. The van der Waals surface area contributed by atoms with Gasteiger partial charge in [0.1, 0.15) is 17.3 Å². The Morgan fingerprint density at radius 3 is 2.55 bits per heavy atom. The lowest BCUT2D eigenvalue weighted by atomic mass is 9.96. The van der Waals surface area contributed by atoms with Crippen LogP contribution in [0, 0.1) is 16.7 Å². The quantitative estimate of drug-likeness (QED) is 0.259. The van der Waals surface area contributed by atoms with Gasteiger partial charge in [0.15, 0.2) is 0 Å². The highest BCUT2D eigenvalue weighted by molar-refractivity contribution is 6.35. The first kappa shape index (κ1) is 25.9. The third kappa shape index (κ3) is 5.01. The number of aromatic nitrogens is 4. The summed E-state index contributed by atoms with van der Waals surface area (Å²) >= 11 is 6.67. The third-order valence-electron chi connectivity index (χ3n) is 6.72. The van der Waals surface area contributed by atoms with Gasteiger partial charge in [0.25, 0.3) is 6.43 Å². The van der Waals surface area contributed by atoms with Crippen LogP contribution in [0.4, 0.5) is 20.2 Å². The molecule has 10 heteroatoms. The normalized spacial score (nSPS) is 15.3. The summed E-state index contributed by atoms with van der Waals surface area (Å²) in [4.78, 5) is 4.43. The topological polar surface area (TPSA) is 91.5 Å². The molecule has 2 N–H and O–H groups in total. The van der Waals surface area contributed by atoms with E-state index < -0.39 is 18.0 Å². The molecule has 1 aliphatic carbocycles. The second-order valence-electron chi connectivity index (χ2n) is 10.9. The Kier molecular flexibility index (Phi) is 6.70. The van der Waals surface area contributed by atoms with Crippen molar-refractivity contribution in [2.24, 2.45) is 5.41 Å². The van der Waals surface area contributed by atoms with Crippen molar-refractivity contribution in [1.29, 1.82) is 5.26 Å². The fourth-order valence-corrected chi connectivity index (χ4v) is 4.68. The molecular weight excluding hydrogens is 508 g/mol. The summed E-state index contributed by atoms with van der Waals surface area (Å²) in [6.45, 7) is 6.95. The van der Waals surface area contributed by atoms with Crippen molar-refractivity contribution in [1.82, 2.24) is 20.0 Å². The molecule has 2 heterocycles. The molecule has 196 valence electrons. The number of benzene rings is 2. The molecule has 2 aromatic heterocycles. The molecule has 0 saturated heterocycles. The number of fused-ring (bicyclic) bond motifs is 1. The monoisotopic (exact) mass is 535 g/mol. The number of pyridine rings is 1. The number of rotatable bonds is 8. The summed E-state index contributed by atoms with van der Waals surface area (Å²) in [5.41, 5.74) is 2.41. The van der Waals surface area contributed by atoms with E-state index in [1.807, 2.05) is 36.4 Å². The first-order valence-corrected chi connectivity index (χ1v) is 12.8. The molecule has 0 radical (unpaired) electrons. The zero-order valence-corrected chi connectivity index (χ0v) is 22.1. The van der Waals surface area contributed by atoms with Crippen molar-refractivity contribution in [2.45, 2.75) is 51.6 Å². The maximum absolute atomic E-state index is 13.7. The maximum Gasteiger partial charge on any atom is 0.263 e. The predicted molar refractivity (Wildman–Crippen MR) is 145 cm³/mol. The molecule has 7 nitrogen and oxygen atoms in total. The predicted octanol–water partition coefficient (Wildman–Crippen LogP) is 6.77. The average molecular weight is 536 g/mol. The Bertz CT molecular complexity index is 1500. The highest BCUT2D eigenvalue weighted by Crippen LogP contribution is 2.48. The van der Waals surface area contributed by atoms with Gasteiger partial charge in [0.2, 0.25) is 0 Å². The van der Waals surface area contributed by atoms with Crippen LogP contribution in [0.15, 0.2) is 54.9 Å². The number of anilines is 2. The van der Waals surface area contributed by atoms with E-state index in [-0.39, 0.29) is 5.41 Å². The SMILES string of the molecule is CC(C)(C)CNc1c(C#N)cnc2c(Cl)cc(NC(c3ccccc3)c3cn(C4(C(F)F)CC4)nn3)cc12. The number of halogens is 3. The van der Waals surface area contributed by atoms with Crippen molar-refractivity contribution in [2.75, 3.05) is 17.2 Å². The van der Waals surface area contributed by atoms with Gasteiger partial charge in [-0.1, -0.05) is 67.9 Å². The summed E-state index contributed by atoms with van der Waals surface area (Å²) < 4.78 is 28.7. The van der Waals surface area contributed by atoms with Gasteiger partial charge in [-0.25, -0.2) is 13.5 Å². The van der Waals surface area contributed by atoms with E-state index in [2.05, 4.69) is 52.8 Å². The van der Waals surface area contributed by atoms with Crippen LogP contribution in [0.5, 0.6) is 0 Å². The molecule has 1 saturated carbocycles. The third-order valence-corrected chi connectivity index (χ3v) is 7.00. The fourth-order valence-electron chi connectivity index (χ4n) is 4.41. The van der Waals surface area contributed by atoms with Gasteiger partial charge in [-0.3, -0.25) is 4.98 Å². The van der Waals surface area contributed by atoms with Crippen molar-refractivity contribution >= 4 is 33.9 Å². The molecule has 4 aromatic rings. The van der Waals surface area contributed by atoms with Gasteiger partial charge in [-0.05, 0) is 36.0 Å². The first-order valence-electron chi connectivity index (χ1n) is 12.4. The van der Waals surface area contributed by atoms with Gasteiger partial charge in [0, 0.05) is 23.8 Å². The second kappa shape index (κ2) is 9.84. The zero-order valence-electron chi connectivity index (χ0n) is 21.3. The molecule has 2 aromatic carbocycles. The Morgan fingerprint density at radius 2 is 1.92 bits per heavy atom. The smallest absolute Gasteiger partial charge is 0.263 e. The highest BCUT2D eigenvalue weighted by atomic mass is 35.5. The molecule has 1 fully saturated rings. The van der Waals surface area contributed by atoms with E-state index >= 15 is 0 Å². The van der Waals surface area contributed by atoms with E-state index in [9.17, 15) is 14.0 Å². The van der Waals surface area contributed by atoms with Crippen LogP contribution in [0.1, 0.15) is 56.5 Å². The van der Waals surface area contributed by atoms with E-state index in [1.165, 1.54) is 10.9 Å². The van der Waals surface area contributed by atoms with E-state index in [1.54, 1.807) is 12.3 Å². The lowest BCUT2D eigenvalue weighted by Crippen LogP contribution is -2.26. The number of nitriles is 1. The van der Waals surface area contributed by atoms with E-state index in [0.717, 1.165) is 5.56 Å². The van der Waals surface area contributed by atoms with Gasteiger partial charge in [0.05, 0.1) is 34.0 Å². The second-order valence-corrected chi connectivity index (χ2v) is 11.3. The highest BCUT2D eigenvalue weighted by Gasteiger charge is 2.54. The Labute approximate surface area is 224 Å². The molecule has 38 heavy (non-hydrogen) atoms. The van der Waals surface area contributed by atoms with Gasteiger partial charge in [-0.2, -0.15) is 5.26 Å². The molecule has 1 unspecified atom stereocenters. The molecule has 0 bridgehead atoms. The lowest BCUT2D eigenvalue weighted by Gasteiger charge is -2.22. The summed E-state index contributed by atoms with van der Waals surface area (Å²) in [6, 6.07) is 15.0. The number of hydrogen-bond acceptors (Lipinski definition) is 6. The van der Waals surface area contributed by atoms with Crippen LogP contribution in [-0.2, 0) is 5.54 Å². The minimum Gasteiger partial charge on any atom is -0.383 e. The largest absolute Gasteiger partial charge is 0.383 e. The molecule has 0 spiro atoms. The molecule has 1 aliphatic rings. The number of nitrogens with one attached hydrogen (secondary N) is 2. The molecular formula is C28H28ClF2N7. The Hall–Kier alpha value is -3.77. The van der Waals surface area contributed by atoms with Crippen molar-refractivity contribution in [3.63, 3.8) is 0 Å². The Balaban J connectivity index is 1.57. The van der Waals surface area contributed by atoms with Crippen LogP contribution >= 0.6 is 11.6 Å². The van der Waals surface area contributed by atoms with Crippen molar-refractivity contribution < 1.29 is 8.78 Å². The molecule has 0 amide bonds. The van der Waals surface area contributed by atoms with E-state index in [0.29, 0.717) is 57.9 Å². The molecule has 5 rings (SSSR count). The van der Waals surface area contributed by atoms with Crippen molar-refractivity contribution in [3.8, 4) is 6.07 Å². The average Bonchev–Trinajstić information content (AvgIpc) is 3.56. The van der Waals surface area contributed by atoms with Crippen LogP contribution in [0.3, 0.4) is 0 Å². The summed E-state index contributed by atoms with van der Waals surface area (Å²) in [5.74, 6) is 0. The first-order chi connectivity index (χ1) is 18.1. The van der Waals surface area contributed by atoms with E-state index in [4.69, 9.17) is 11.6 Å². The lowest BCUT2D eigenvalue weighted by molar-refractivity contribution is 0.0593. The van der Waals surface area contributed by atoms with Gasteiger partial charge >= 0.3 is 0 Å².